The van der Waals surface area contributed by atoms with E-state index in [1.807, 2.05) is 37.3 Å². The predicted octanol–water partition coefficient (Wildman–Crippen LogP) is 4.69. The molecule has 2 fully saturated rings. The fourth-order valence-corrected chi connectivity index (χ4v) is 7.43. The Morgan fingerprint density at radius 1 is 1.02 bits per heavy atom. The molecule has 0 radical (unpaired) electrons. The molecular weight excluding hydrogens is 524 g/mol. The van der Waals surface area contributed by atoms with Gasteiger partial charge in [0.2, 0.25) is 0 Å². The van der Waals surface area contributed by atoms with Crippen molar-refractivity contribution in [3.63, 3.8) is 0 Å². The molecule has 0 amide bonds. The van der Waals surface area contributed by atoms with Crippen molar-refractivity contribution in [2.24, 2.45) is 16.7 Å². The highest BCUT2D eigenvalue weighted by Gasteiger charge is 2.65. The number of benzene rings is 1. The Kier molecular flexibility index (Phi) is 8.40. The number of hydrogen-bond donors (Lipinski definition) is 2. The first kappa shape index (κ1) is 30.7. The van der Waals surface area contributed by atoms with Crippen LogP contribution in [0.25, 0.3) is 6.08 Å². The summed E-state index contributed by atoms with van der Waals surface area (Å²) in [5, 5.41) is 23.7. The number of carbonyl (C=O) groups excluding carboxylic acids is 3. The largest absolute Gasteiger partial charge is 0.459 e. The molecule has 8 heteroatoms. The van der Waals surface area contributed by atoms with Crippen LogP contribution < -0.4 is 0 Å². The summed E-state index contributed by atoms with van der Waals surface area (Å²) >= 11 is 0. The van der Waals surface area contributed by atoms with E-state index >= 15 is 0 Å². The fourth-order valence-electron chi connectivity index (χ4n) is 7.43. The van der Waals surface area contributed by atoms with Crippen LogP contribution in [0.4, 0.5) is 0 Å². The Morgan fingerprint density at radius 2 is 1.66 bits per heavy atom. The second kappa shape index (κ2) is 11.2. The number of fused-ring (bicyclic) bond motifs is 2. The molecule has 0 bridgehead atoms. The van der Waals surface area contributed by atoms with E-state index in [1.54, 1.807) is 26.8 Å². The summed E-state index contributed by atoms with van der Waals surface area (Å²) in [5.41, 5.74) is -0.459. The van der Waals surface area contributed by atoms with Crippen molar-refractivity contribution >= 4 is 24.0 Å². The van der Waals surface area contributed by atoms with Crippen molar-refractivity contribution in [2.45, 2.75) is 97.2 Å². The van der Waals surface area contributed by atoms with Gasteiger partial charge in [-0.15, -0.1) is 0 Å². The molecule has 41 heavy (non-hydrogen) atoms. The van der Waals surface area contributed by atoms with E-state index in [9.17, 15) is 24.6 Å². The summed E-state index contributed by atoms with van der Waals surface area (Å²) in [4.78, 5) is 37.2. The van der Waals surface area contributed by atoms with Crippen LogP contribution in [0.1, 0.15) is 72.8 Å². The van der Waals surface area contributed by atoms with Crippen LogP contribution >= 0.6 is 0 Å². The van der Waals surface area contributed by atoms with Crippen molar-refractivity contribution in [1.29, 1.82) is 0 Å². The molecule has 1 aromatic rings. The first-order chi connectivity index (χ1) is 19.1. The molecule has 3 aliphatic rings. The molecule has 2 N–H and O–H groups in total. The van der Waals surface area contributed by atoms with Gasteiger partial charge in [-0.2, -0.15) is 0 Å². The standard InChI is InChI=1S/C33H42O8/c1-19-24-17-33(31(5,6)38)18-26(39-21(3)34)20(2)28(33)29(37)30(40-22(4)35)32(24,7)16-15-25(19)41-27(36)14-13-23-11-9-8-10-12-23/h8-14,24-26,29-30,37-38H,1,15-18H2,2-7H3/t24-,25+,26+,29-,30+,32-,33+/m1/s1. The minimum Gasteiger partial charge on any atom is -0.459 e. The molecule has 0 unspecified atom stereocenters. The van der Waals surface area contributed by atoms with E-state index in [2.05, 4.69) is 6.58 Å². The topological polar surface area (TPSA) is 119 Å². The number of rotatable bonds is 6. The highest BCUT2D eigenvalue weighted by atomic mass is 16.6. The van der Waals surface area contributed by atoms with Gasteiger partial charge in [-0.25, -0.2) is 4.79 Å². The third-order valence-corrected chi connectivity index (χ3v) is 9.59. The zero-order valence-electron chi connectivity index (χ0n) is 24.8. The van der Waals surface area contributed by atoms with E-state index in [-0.39, 0.29) is 6.42 Å². The average Bonchev–Trinajstić information content (AvgIpc) is 3.12. The average molecular weight is 567 g/mol. The molecule has 7 atom stereocenters. The summed E-state index contributed by atoms with van der Waals surface area (Å²) in [6, 6.07) is 9.43. The van der Waals surface area contributed by atoms with Crippen LogP contribution in [-0.4, -0.2) is 58.1 Å². The molecule has 0 aliphatic heterocycles. The Hall–Kier alpha value is -3.23. The maximum Gasteiger partial charge on any atom is 0.331 e. The number of ether oxygens (including phenoxy) is 3. The van der Waals surface area contributed by atoms with E-state index in [0.717, 1.165) is 5.56 Å². The lowest BCUT2D eigenvalue weighted by molar-refractivity contribution is -0.168. The van der Waals surface area contributed by atoms with Gasteiger partial charge in [-0.05, 0) is 74.3 Å². The SMILES string of the molecule is C=C1[C@@H](OC(=O)C=Cc2ccccc2)CC[C@]2(C)[C@@H]1C[C@]1(C(C)(C)O)C[C@H](OC(C)=O)C(C)=C1[C@@H](O)[C@@H]2OC(C)=O. The van der Waals surface area contributed by atoms with Gasteiger partial charge in [-0.3, -0.25) is 9.59 Å². The Bertz CT molecular complexity index is 1270. The lowest BCUT2D eigenvalue weighted by Crippen LogP contribution is -2.51. The van der Waals surface area contributed by atoms with Crippen LogP contribution in [0, 0.1) is 16.7 Å². The lowest BCUT2D eigenvalue weighted by Gasteiger charge is -2.50. The van der Waals surface area contributed by atoms with Crippen LogP contribution in [0.5, 0.6) is 0 Å². The van der Waals surface area contributed by atoms with E-state index in [0.29, 0.717) is 36.0 Å². The van der Waals surface area contributed by atoms with E-state index < -0.39 is 64.7 Å². The van der Waals surface area contributed by atoms with Gasteiger partial charge in [0.1, 0.15) is 24.4 Å². The minimum atomic E-state index is -1.35. The van der Waals surface area contributed by atoms with Gasteiger partial charge in [0, 0.05) is 37.2 Å². The zero-order valence-corrected chi connectivity index (χ0v) is 24.8. The minimum absolute atomic E-state index is 0.255. The first-order valence-corrected chi connectivity index (χ1v) is 14.2. The molecule has 1 aromatic carbocycles. The second-order valence-corrected chi connectivity index (χ2v) is 12.6. The number of hydrogen-bond acceptors (Lipinski definition) is 8. The number of aliphatic hydroxyl groups excluding tert-OH is 1. The lowest BCUT2D eigenvalue weighted by atomic mass is 9.57. The maximum absolute atomic E-state index is 12.8. The Balaban J connectivity index is 1.75. The molecule has 8 nitrogen and oxygen atoms in total. The molecule has 4 rings (SSSR count). The summed E-state index contributed by atoms with van der Waals surface area (Å²) < 4.78 is 17.4. The summed E-state index contributed by atoms with van der Waals surface area (Å²) in [5.74, 6) is -1.91. The van der Waals surface area contributed by atoms with Gasteiger partial charge in [0.15, 0.2) is 0 Å². The van der Waals surface area contributed by atoms with Crippen molar-refractivity contribution in [3.05, 3.63) is 65.3 Å². The van der Waals surface area contributed by atoms with Crippen LogP contribution in [0.15, 0.2) is 59.7 Å². The zero-order chi connectivity index (χ0) is 30.3. The maximum atomic E-state index is 12.8. The van der Waals surface area contributed by atoms with Crippen molar-refractivity contribution in [1.82, 2.24) is 0 Å². The molecule has 222 valence electrons. The van der Waals surface area contributed by atoms with Crippen molar-refractivity contribution < 1.29 is 38.8 Å². The summed E-state index contributed by atoms with van der Waals surface area (Å²) in [6.07, 6.45) is 1.11. The van der Waals surface area contributed by atoms with E-state index in [4.69, 9.17) is 14.2 Å². The molecule has 2 saturated carbocycles. The Morgan fingerprint density at radius 3 is 2.24 bits per heavy atom. The van der Waals surface area contributed by atoms with Gasteiger partial charge in [0.25, 0.3) is 0 Å². The van der Waals surface area contributed by atoms with Gasteiger partial charge >= 0.3 is 17.9 Å². The van der Waals surface area contributed by atoms with Gasteiger partial charge in [0.05, 0.1) is 5.60 Å². The van der Waals surface area contributed by atoms with Gasteiger partial charge < -0.3 is 24.4 Å². The van der Waals surface area contributed by atoms with Crippen LogP contribution in [0.2, 0.25) is 0 Å². The monoisotopic (exact) mass is 566 g/mol. The third-order valence-electron chi connectivity index (χ3n) is 9.59. The van der Waals surface area contributed by atoms with Crippen LogP contribution in [-0.2, 0) is 28.6 Å². The number of carbonyl (C=O) groups is 3. The molecule has 0 saturated heterocycles. The quantitative estimate of drug-likeness (QED) is 0.220. The molecule has 0 spiro atoms. The second-order valence-electron chi connectivity index (χ2n) is 12.6. The molecular formula is C33H42O8. The predicted molar refractivity (Wildman–Crippen MR) is 153 cm³/mol. The highest BCUT2D eigenvalue weighted by Crippen LogP contribution is 2.64. The summed E-state index contributed by atoms with van der Waals surface area (Å²) in [7, 11) is 0. The number of aliphatic hydroxyl groups is 2. The third kappa shape index (κ3) is 5.64. The van der Waals surface area contributed by atoms with E-state index in [1.165, 1.54) is 19.9 Å². The van der Waals surface area contributed by atoms with Crippen molar-refractivity contribution in [2.75, 3.05) is 0 Å². The molecule has 0 aromatic heterocycles. The molecule has 0 heterocycles. The van der Waals surface area contributed by atoms with Crippen LogP contribution in [0.3, 0.4) is 0 Å². The number of esters is 3. The first-order valence-electron chi connectivity index (χ1n) is 14.2. The highest BCUT2D eigenvalue weighted by molar-refractivity contribution is 5.87. The fraction of sp³-hybridized carbons (Fsp3) is 0.545. The van der Waals surface area contributed by atoms with Gasteiger partial charge in [-0.1, -0.05) is 43.8 Å². The van der Waals surface area contributed by atoms with Crippen molar-refractivity contribution in [3.8, 4) is 0 Å². The molecule has 3 aliphatic carbocycles. The smallest absolute Gasteiger partial charge is 0.331 e. The normalized spacial score (nSPS) is 33.6. The summed E-state index contributed by atoms with van der Waals surface area (Å²) in [6.45, 7) is 14.1. The Labute approximate surface area is 242 Å².